The number of thiazole rings is 1. The van der Waals surface area contributed by atoms with Crippen LogP contribution in [-0.4, -0.2) is 4.98 Å². The molecule has 20 heavy (non-hydrogen) atoms. The van der Waals surface area contributed by atoms with Crippen LogP contribution in [0, 0.1) is 0 Å². The van der Waals surface area contributed by atoms with Gasteiger partial charge in [-0.1, -0.05) is 40.2 Å². The standard InChI is InChI=1S/C15H14BrN3S/c16-11-5-3-4-10(8-11)13(19-17)9-15-18-12-6-1-2-7-14(12)20-15/h1-8,13,19H,9,17H2. The maximum absolute atomic E-state index is 5.71. The van der Waals surface area contributed by atoms with Gasteiger partial charge in [-0.2, -0.15) is 0 Å². The predicted octanol–water partition coefficient (Wildman–Crippen LogP) is 3.81. The Morgan fingerprint density at radius 3 is 2.80 bits per heavy atom. The molecule has 0 saturated heterocycles. The molecule has 5 heteroatoms. The molecular weight excluding hydrogens is 334 g/mol. The Bertz CT molecular complexity index is 693. The Labute approximate surface area is 129 Å². The fourth-order valence-electron chi connectivity index (χ4n) is 2.18. The zero-order valence-corrected chi connectivity index (χ0v) is 13.1. The third-order valence-electron chi connectivity index (χ3n) is 3.17. The number of hydrogen-bond acceptors (Lipinski definition) is 4. The minimum absolute atomic E-state index is 0.0630. The van der Waals surface area contributed by atoms with Crippen LogP contribution in [-0.2, 0) is 6.42 Å². The van der Waals surface area contributed by atoms with Crippen molar-refractivity contribution >= 4 is 37.5 Å². The quantitative estimate of drug-likeness (QED) is 0.557. The van der Waals surface area contributed by atoms with Crippen LogP contribution in [0.25, 0.3) is 10.2 Å². The van der Waals surface area contributed by atoms with E-state index in [0.717, 1.165) is 27.0 Å². The van der Waals surface area contributed by atoms with Gasteiger partial charge in [-0.05, 0) is 29.8 Å². The van der Waals surface area contributed by atoms with Crippen molar-refractivity contribution in [2.75, 3.05) is 0 Å². The third kappa shape index (κ3) is 2.91. The van der Waals surface area contributed by atoms with Crippen LogP contribution in [0.1, 0.15) is 16.6 Å². The number of para-hydroxylation sites is 1. The molecule has 1 unspecified atom stereocenters. The number of nitrogens with zero attached hydrogens (tertiary/aromatic N) is 1. The monoisotopic (exact) mass is 347 g/mol. The zero-order valence-electron chi connectivity index (χ0n) is 10.7. The van der Waals surface area contributed by atoms with E-state index in [2.05, 4.69) is 44.5 Å². The van der Waals surface area contributed by atoms with Crippen molar-refractivity contribution in [3.8, 4) is 0 Å². The second kappa shape index (κ2) is 6.01. The third-order valence-corrected chi connectivity index (χ3v) is 4.72. The smallest absolute Gasteiger partial charge is 0.0958 e. The van der Waals surface area contributed by atoms with E-state index in [1.54, 1.807) is 11.3 Å². The highest BCUT2D eigenvalue weighted by Gasteiger charge is 2.13. The van der Waals surface area contributed by atoms with E-state index in [-0.39, 0.29) is 6.04 Å². The summed E-state index contributed by atoms with van der Waals surface area (Å²) in [5.41, 5.74) is 5.09. The molecule has 3 rings (SSSR count). The fourth-order valence-corrected chi connectivity index (χ4v) is 3.61. The number of rotatable bonds is 4. The van der Waals surface area contributed by atoms with Crippen LogP contribution in [0.3, 0.4) is 0 Å². The van der Waals surface area contributed by atoms with E-state index in [0.29, 0.717) is 0 Å². The summed E-state index contributed by atoms with van der Waals surface area (Å²) in [6, 6.07) is 16.4. The van der Waals surface area contributed by atoms with Crippen LogP contribution in [0.15, 0.2) is 53.0 Å². The fraction of sp³-hybridized carbons (Fsp3) is 0.133. The Balaban J connectivity index is 1.87. The highest BCUT2D eigenvalue weighted by atomic mass is 79.9. The molecule has 3 nitrogen and oxygen atoms in total. The Hall–Kier alpha value is -1.27. The molecule has 0 amide bonds. The van der Waals surface area contributed by atoms with Gasteiger partial charge in [0, 0.05) is 10.9 Å². The topological polar surface area (TPSA) is 50.9 Å². The average Bonchev–Trinajstić information content (AvgIpc) is 2.87. The van der Waals surface area contributed by atoms with Gasteiger partial charge >= 0.3 is 0 Å². The molecule has 0 saturated carbocycles. The highest BCUT2D eigenvalue weighted by molar-refractivity contribution is 9.10. The molecule has 3 aromatic rings. The molecule has 102 valence electrons. The van der Waals surface area contributed by atoms with E-state index < -0.39 is 0 Å². The van der Waals surface area contributed by atoms with Gasteiger partial charge in [0.15, 0.2) is 0 Å². The lowest BCUT2D eigenvalue weighted by atomic mass is 10.1. The minimum atomic E-state index is 0.0630. The molecule has 0 bridgehead atoms. The van der Waals surface area contributed by atoms with Gasteiger partial charge in [0.05, 0.1) is 21.3 Å². The summed E-state index contributed by atoms with van der Waals surface area (Å²) in [6.07, 6.45) is 0.784. The normalized spacial score (nSPS) is 12.7. The van der Waals surface area contributed by atoms with E-state index in [1.165, 1.54) is 4.70 Å². The molecule has 1 atom stereocenters. The lowest BCUT2D eigenvalue weighted by Gasteiger charge is -2.15. The maximum Gasteiger partial charge on any atom is 0.0958 e. The summed E-state index contributed by atoms with van der Waals surface area (Å²) < 4.78 is 2.27. The van der Waals surface area contributed by atoms with Crippen molar-refractivity contribution in [3.05, 3.63) is 63.6 Å². The number of halogens is 1. The molecule has 1 aromatic heterocycles. The van der Waals surface area contributed by atoms with E-state index in [9.17, 15) is 0 Å². The van der Waals surface area contributed by atoms with Crippen LogP contribution in [0.5, 0.6) is 0 Å². The molecule has 0 aliphatic heterocycles. The molecule has 2 aromatic carbocycles. The van der Waals surface area contributed by atoms with Gasteiger partial charge in [0.2, 0.25) is 0 Å². The van der Waals surface area contributed by atoms with E-state index in [4.69, 9.17) is 5.84 Å². The number of nitrogens with two attached hydrogens (primary N) is 1. The minimum Gasteiger partial charge on any atom is -0.271 e. The summed E-state index contributed by atoms with van der Waals surface area (Å²) in [7, 11) is 0. The first-order chi connectivity index (χ1) is 9.76. The number of aromatic nitrogens is 1. The largest absolute Gasteiger partial charge is 0.271 e. The van der Waals surface area contributed by atoms with Crippen LogP contribution >= 0.6 is 27.3 Å². The highest BCUT2D eigenvalue weighted by Crippen LogP contribution is 2.26. The molecule has 0 aliphatic rings. The predicted molar refractivity (Wildman–Crippen MR) is 87.5 cm³/mol. The summed E-state index contributed by atoms with van der Waals surface area (Å²) in [4.78, 5) is 4.66. The SMILES string of the molecule is NNC(Cc1nc2ccccc2s1)c1cccc(Br)c1. The second-order valence-corrected chi connectivity index (χ2v) is 6.58. The second-order valence-electron chi connectivity index (χ2n) is 4.55. The zero-order chi connectivity index (χ0) is 13.9. The molecular formula is C15H14BrN3S. The van der Waals surface area contributed by atoms with E-state index >= 15 is 0 Å². The number of hydrogen-bond donors (Lipinski definition) is 2. The molecule has 1 heterocycles. The van der Waals surface area contributed by atoms with Gasteiger partial charge < -0.3 is 0 Å². The van der Waals surface area contributed by atoms with Gasteiger partial charge in [0.25, 0.3) is 0 Å². The first kappa shape index (κ1) is 13.7. The van der Waals surface area contributed by atoms with E-state index in [1.807, 2.05) is 30.3 Å². The lowest BCUT2D eigenvalue weighted by molar-refractivity contribution is 0.551. The van der Waals surface area contributed by atoms with Crippen molar-refractivity contribution in [3.63, 3.8) is 0 Å². The van der Waals surface area contributed by atoms with Crippen molar-refractivity contribution in [1.29, 1.82) is 0 Å². The lowest BCUT2D eigenvalue weighted by Crippen LogP contribution is -2.29. The maximum atomic E-state index is 5.71. The Morgan fingerprint density at radius 2 is 2.05 bits per heavy atom. The molecule has 0 spiro atoms. The van der Waals surface area contributed by atoms with Crippen LogP contribution < -0.4 is 11.3 Å². The molecule has 3 N–H and O–H groups in total. The number of benzene rings is 2. The number of nitrogens with one attached hydrogen (secondary N) is 1. The van der Waals surface area contributed by atoms with Crippen LogP contribution in [0.2, 0.25) is 0 Å². The first-order valence-corrected chi connectivity index (χ1v) is 7.93. The van der Waals surface area contributed by atoms with Crippen molar-refractivity contribution in [2.45, 2.75) is 12.5 Å². The van der Waals surface area contributed by atoms with Crippen molar-refractivity contribution in [2.24, 2.45) is 5.84 Å². The Kier molecular flexibility index (Phi) is 4.12. The Morgan fingerprint density at radius 1 is 1.20 bits per heavy atom. The van der Waals surface area contributed by atoms with Crippen LogP contribution in [0.4, 0.5) is 0 Å². The number of hydrazine groups is 1. The summed E-state index contributed by atoms with van der Waals surface area (Å²) >= 11 is 5.21. The first-order valence-electron chi connectivity index (χ1n) is 6.32. The van der Waals surface area contributed by atoms with Crippen molar-refractivity contribution in [1.82, 2.24) is 10.4 Å². The number of fused-ring (bicyclic) bond motifs is 1. The van der Waals surface area contributed by atoms with Gasteiger partial charge in [-0.15, -0.1) is 11.3 Å². The average molecular weight is 348 g/mol. The summed E-state index contributed by atoms with van der Waals surface area (Å²) in [5.74, 6) is 5.71. The molecule has 0 radical (unpaired) electrons. The molecule has 0 aliphatic carbocycles. The van der Waals surface area contributed by atoms with Gasteiger partial charge in [-0.3, -0.25) is 11.3 Å². The summed E-state index contributed by atoms with van der Waals surface area (Å²) in [5, 5.41) is 1.09. The van der Waals surface area contributed by atoms with Crippen molar-refractivity contribution < 1.29 is 0 Å². The van der Waals surface area contributed by atoms with Gasteiger partial charge in [0.1, 0.15) is 0 Å². The molecule has 0 fully saturated rings. The summed E-state index contributed by atoms with van der Waals surface area (Å²) in [6.45, 7) is 0. The van der Waals surface area contributed by atoms with Gasteiger partial charge in [-0.25, -0.2) is 4.98 Å².